The largest absolute Gasteiger partial charge is 0.488 e. The van der Waals surface area contributed by atoms with Crippen LogP contribution in [0.3, 0.4) is 0 Å². The van der Waals surface area contributed by atoms with E-state index in [1.54, 1.807) is 18.2 Å². The van der Waals surface area contributed by atoms with E-state index in [0.717, 1.165) is 51.2 Å². The minimum Gasteiger partial charge on any atom is -0.488 e. The molecule has 0 atom stereocenters. The lowest BCUT2D eigenvalue weighted by molar-refractivity contribution is 0.0947. The molecule has 0 saturated carbocycles. The number of ether oxygens (including phenoxy) is 2. The van der Waals surface area contributed by atoms with Gasteiger partial charge in [-0.2, -0.15) is 0 Å². The fourth-order valence-electron chi connectivity index (χ4n) is 6.97. The third kappa shape index (κ3) is 11.6. The first-order valence-electron chi connectivity index (χ1n) is 21.0. The Balaban J connectivity index is 0.000000194. The quantitative estimate of drug-likeness (QED) is 0.105. The summed E-state index contributed by atoms with van der Waals surface area (Å²) >= 11 is 25.5. The first-order chi connectivity index (χ1) is 31.5. The second kappa shape index (κ2) is 22.2. The van der Waals surface area contributed by atoms with Gasteiger partial charge in [0.05, 0.1) is 22.3 Å². The Bertz CT molecular complexity index is 2880. The average Bonchev–Trinajstić information content (AvgIpc) is 3.95. The Morgan fingerprint density at radius 3 is 1.57 bits per heavy atom. The van der Waals surface area contributed by atoms with Crippen LogP contribution in [0.25, 0.3) is 44.9 Å². The molecule has 13 heteroatoms. The third-order valence-electron chi connectivity index (χ3n) is 10.3. The number of halogens is 4. The molecule has 2 heterocycles. The standard InChI is InChI=1S/C26H22Cl2N2O3.C26H24Cl2N2O2/c1-3-29-26(31)24-23(18-10-7-11-19(27)13-18)25(33-30-24)20-14-21(28)16(2)12-22(20)32-15-17-8-5-4-6-9-17;1-3-29-15-23-25(19-10-7-11-20(27)13-19)26(32-30-23)21-14-22(28)17(2)12-24(21)31-16-18-8-5-4-6-9-18/h4-14H,3,15H2,1-2H3,(H,29,31);4-14,29H,3,15-16H2,1-2H3. The lowest BCUT2D eigenvalue weighted by Gasteiger charge is -2.14. The van der Waals surface area contributed by atoms with Crippen molar-refractivity contribution < 1.29 is 23.3 Å². The highest BCUT2D eigenvalue weighted by Crippen LogP contribution is 2.44. The highest BCUT2D eigenvalue weighted by Gasteiger charge is 2.27. The summed E-state index contributed by atoms with van der Waals surface area (Å²) in [5, 5.41) is 16.9. The summed E-state index contributed by atoms with van der Waals surface area (Å²) in [6.07, 6.45) is 0. The molecule has 2 N–H and O–H groups in total. The number of hydrogen-bond acceptors (Lipinski definition) is 8. The van der Waals surface area contributed by atoms with Gasteiger partial charge in [-0.1, -0.05) is 149 Å². The van der Waals surface area contributed by atoms with Crippen LogP contribution in [0.5, 0.6) is 11.5 Å². The van der Waals surface area contributed by atoms with Crippen molar-refractivity contribution in [3.05, 3.63) is 187 Å². The Morgan fingerprint density at radius 2 is 1.08 bits per heavy atom. The highest BCUT2D eigenvalue weighted by atomic mass is 35.5. The van der Waals surface area contributed by atoms with Gasteiger partial charge in [0.25, 0.3) is 5.91 Å². The number of hydrogen-bond donors (Lipinski definition) is 2. The molecule has 0 bridgehead atoms. The summed E-state index contributed by atoms with van der Waals surface area (Å²) in [5.41, 5.74) is 9.21. The average molecular weight is 949 g/mol. The predicted octanol–water partition coefficient (Wildman–Crippen LogP) is 14.3. The summed E-state index contributed by atoms with van der Waals surface area (Å²) in [4.78, 5) is 12.8. The zero-order valence-corrected chi connectivity index (χ0v) is 39.2. The van der Waals surface area contributed by atoms with Crippen molar-refractivity contribution in [1.29, 1.82) is 0 Å². The molecule has 0 aliphatic heterocycles. The molecule has 9 nitrogen and oxygen atoms in total. The summed E-state index contributed by atoms with van der Waals surface area (Å²) in [7, 11) is 0. The molecule has 65 heavy (non-hydrogen) atoms. The Morgan fingerprint density at radius 1 is 0.585 bits per heavy atom. The lowest BCUT2D eigenvalue weighted by Crippen LogP contribution is -2.23. The number of benzene rings is 6. The minimum absolute atomic E-state index is 0.167. The maximum Gasteiger partial charge on any atom is 0.274 e. The van der Waals surface area contributed by atoms with Crippen molar-refractivity contribution in [3.63, 3.8) is 0 Å². The van der Waals surface area contributed by atoms with Gasteiger partial charge in [0.1, 0.15) is 30.4 Å². The third-order valence-corrected chi connectivity index (χ3v) is 11.5. The monoisotopic (exact) mass is 946 g/mol. The van der Waals surface area contributed by atoms with Gasteiger partial charge in [-0.25, -0.2) is 0 Å². The van der Waals surface area contributed by atoms with Crippen molar-refractivity contribution in [3.8, 4) is 56.4 Å². The topological polar surface area (TPSA) is 112 Å². The normalized spacial score (nSPS) is 10.9. The number of carbonyl (C=O) groups is 1. The first kappa shape index (κ1) is 46.9. The Labute approximate surface area is 398 Å². The summed E-state index contributed by atoms with van der Waals surface area (Å²) in [6, 6.07) is 42.2. The molecule has 8 aromatic rings. The molecule has 0 saturated heterocycles. The second-order valence-electron chi connectivity index (χ2n) is 15.0. The molecular formula is C52H46Cl4N4O5. The zero-order chi connectivity index (χ0) is 45.9. The number of amides is 1. The molecule has 6 aromatic carbocycles. The summed E-state index contributed by atoms with van der Waals surface area (Å²) in [6.45, 7) is 10.4. The number of aromatic nitrogens is 2. The predicted molar refractivity (Wildman–Crippen MR) is 261 cm³/mol. The van der Waals surface area contributed by atoms with Gasteiger partial charge in [-0.05, 0) is 109 Å². The van der Waals surface area contributed by atoms with E-state index in [1.807, 2.05) is 136 Å². The highest BCUT2D eigenvalue weighted by molar-refractivity contribution is 6.32. The molecule has 0 spiro atoms. The fourth-order valence-corrected chi connectivity index (χ4v) is 7.68. The molecular weight excluding hydrogens is 902 g/mol. The molecule has 0 fully saturated rings. The van der Waals surface area contributed by atoms with Gasteiger partial charge in [-0.15, -0.1) is 0 Å². The zero-order valence-electron chi connectivity index (χ0n) is 36.2. The lowest BCUT2D eigenvalue weighted by atomic mass is 9.98. The molecule has 0 aliphatic rings. The van der Waals surface area contributed by atoms with E-state index in [2.05, 4.69) is 27.9 Å². The van der Waals surface area contributed by atoms with Gasteiger partial charge in [0.15, 0.2) is 17.2 Å². The van der Waals surface area contributed by atoms with Crippen LogP contribution in [0.1, 0.15) is 52.3 Å². The van der Waals surface area contributed by atoms with Crippen LogP contribution in [-0.4, -0.2) is 29.3 Å². The van der Waals surface area contributed by atoms with Crippen molar-refractivity contribution in [2.24, 2.45) is 0 Å². The first-order valence-corrected chi connectivity index (χ1v) is 22.5. The van der Waals surface area contributed by atoms with Crippen molar-refractivity contribution in [2.75, 3.05) is 13.1 Å². The van der Waals surface area contributed by atoms with Crippen molar-refractivity contribution in [1.82, 2.24) is 20.9 Å². The van der Waals surface area contributed by atoms with E-state index in [1.165, 1.54) is 0 Å². The maximum absolute atomic E-state index is 12.8. The van der Waals surface area contributed by atoms with Crippen LogP contribution < -0.4 is 20.1 Å². The maximum atomic E-state index is 12.8. The Hall–Kier alpha value is -6.07. The molecule has 8 rings (SSSR count). The van der Waals surface area contributed by atoms with Gasteiger partial charge in [0.2, 0.25) is 0 Å². The van der Waals surface area contributed by atoms with Crippen LogP contribution in [0, 0.1) is 13.8 Å². The van der Waals surface area contributed by atoms with E-state index in [4.69, 9.17) is 64.9 Å². The number of aryl methyl sites for hydroxylation is 2. The smallest absolute Gasteiger partial charge is 0.274 e. The number of carbonyl (C=O) groups excluding carboxylic acids is 1. The van der Waals surface area contributed by atoms with Crippen LogP contribution in [0.4, 0.5) is 0 Å². The number of rotatable bonds is 15. The molecule has 0 aliphatic carbocycles. The molecule has 0 radical (unpaired) electrons. The minimum atomic E-state index is -0.340. The van der Waals surface area contributed by atoms with Gasteiger partial charge in [0, 0.05) is 33.2 Å². The van der Waals surface area contributed by atoms with Gasteiger partial charge >= 0.3 is 0 Å². The van der Waals surface area contributed by atoms with E-state index >= 15 is 0 Å². The fraction of sp³-hybridized carbons (Fsp3) is 0.173. The van der Waals surface area contributed by atoms with E-state index in [9.17, 15) is 4.79 Å². The summed E-state index contributed by atoms with van der Waals surface area (Å²) in [5.74, 6) is 1.90. The van der Waals surface area contributed by atoms with E-state index in [-0.39, 0.29) is 11.6 Å². The molecule has 2 aromatic heterocycles. The molecule has 1 amide bonds. The van der Waals surface area contributed by atoms with E-state index < -0.39 is 0 Å². The Kier molecular flexibility index (Phi) is 16.0. The SMILES string of the molecule is CCNC(=O)c1noc(-c2cc(Cl)c(C)cc2OCc2ccccc2)c1-c1cccc(Cl)c1.CCNCc1noc(-c2cc(Cl)c(C)cc2OCc2ccccc2)c1-c1cccc(Cl)c1. The van der Waals surface area contributed by atoms with Crippen LogP contribution in [0.2, 0.25) is 20.1 Å². The molecule has 0 unspecified atom stereocenters. The van der Waals surface area contributed by atoms with Crippen molar-refractivity contribution >= 4 is 52.3 Å². The number of nitrogens with zero attached hydrogens (tertiary/aromatic N) is 2. The van der Waals surface area contributed by atoms with Crippen molar-refractivity contribution in [2.45, 2.75) is 47.5 Å². The second-order valence-corrected chi connectivity index (χ2v) is 16.7. The van der Waals surface area contributed by atoms with Gasteiger partial charge in [-0.3, -0.25) is 4.79 Å². The summed E-state index contributed by atoms with van der Waals surface area (Å²) < 4.78 is 24.0. The van der Waals surface area contributed by atoms with Gasteiger partial charge < -0.3 is 29.2 Å². The van der Waals surface area contributed by atoms with Crippen LogP contribution in [0.15, 0.2) is 143 Å². The number of nitrogens with one attached hydrogen (secondary N) is 2. The van der Waals surface area contributed by atoms with Crippen LogP contribution in [-0.2, 0) is 19.8 Å². The molecule has 332 valence electrons. The van der Waals surface area contributed by atoms with Crippen LogP contribution >= 0.6 is 46.4 Å². The van der Waals surface area contributed by atoms with E-state index in [0.29, 0.717) is 86.1 Å².